The van der Waals surface area contributed by atoms with Crippen molar-refractivity contribution in [1.82, 2.24) is 29.3 Å². The lowest BCUT2D eigenvalue weighted by atomic mass is 10.1. The molecule has 7 heteroatoms. The molecule has 0 aliphatic heterocycles. The van der Waals surface area contributed by atoms with Crippen LogP contribution in [0.1, 0.15) is 17.0 Å². The molecule has 4 aromatic rings. The van der Waals surface area contributed by atoms with E-state index >= 15 is 0 Å². The molecule has 1 N–H and O–H groups in total. The number of aromatic nitrogens is 6. The van der Waals surface area contributed by atoms with E-state index < -0.39 is 0 Å². The Bertz CT molecular complexity index is 1060. The SMILES string of the molecule is Cc1cnc(NCc2ccc(-n3ccnc3C)cc2)nc1-c1cnn(C)c1. The number of rotatable bonds is 5. The fraction of sp³-hybridized carbons (Fsp3) is 0.200. The number of nitrogens with zero attached hydrogens (tertiary/aromatic N) is 6. The molecule has 0 aliphatic rings. The second-order valence-corrected chi connectivity index (χ2v) is 6.49. The standard InChI is InChI=1S/C20H21N7/c1-14-10-22-20(25-19(14)17-12-24-26(3)13-17)23-11-16-4-6-18(7-5-16)27-9-8-21-15(27)2/h4-10,12-13H,11H2,1-3H3,(H,22,23,25). The van der Waals surface area contributed by atoms with E-state index in [1.54, 1.807) is 10.9 Å². The number of aryl methyl sites for hydroxylation is 3. The van der Waals surface area contributed by atoms with Crippen LogP contribution in [0.25, 0.3) is 16.9 Å². The molecule has 1 aromatic carbocycles. The highest BCUT2D eigenvalue weighted by Crippen LogP contribution is 2.21. The summed E-state index contributed by atoms with van der Waals surface area (Å²) in [5.74, 6) is 1.57. The first kappa shape index (κ1) is 17.0. The van der Waals surface area contributed by atoms with Crippen molar-refractivity contribution in [2.45, 2.75) is 20.4 Å². The van der Waals surface area contributed by atoms with Gasteiger partial charge in [0, 0.05) is 49.6 Å². The lowest BCUT2D eigenvalue weighted by molar-refractivity contribution is 0.768. The first-order valence-corrected chi connectivity index (χ1v) is 8.76. The summed E-state index contributed by atoms with van der Waals surface area (Å²) in [7, 11) is 1.90. The van der Waals surface area contributed by atoms with E-state index in [-0.39, 0.29) is 0 Å². The van der Waals surface area contributed by atoms with E-state index in [2.05, 4.69) is 54.2 Å². The van der Waals surface area contributed by atoms with Gasteiger partial charge in [0.15, 0.2) is 0 Å². The van der Waals surface area contributed by atoms with E-state index in [1.165, 1.54) is 0 Å². The molecule has 0 atom stereocenters. The Labute approximate surface area is 157 Å². The molecule has 7 nitrogen and oxygen atoms in total. The molecule has 0 unspecified atom stereocenters. The molecule has 0 fully saturated rings. The Kier molecular flexibility index (Phi) is 4.42. The van der Waals surface area contributed by atoms with Gasteiger partial charge in [-0.05, 0) is 37.1 Å². The van der Waals surface area contributed by atoms with Crippen LogP contribution in [0, 0.1) is 13.8 Å². The molecule has 0 amide bonds. The van der Waals surface area contributed by atoms with Crippen LogP contribution in [0.2, 0.25) is 0 Å². The third-order valence-electron chi connectivity index (χ3n) is 4.44. The topological polar surface area (TPSA) is 73.5 Å². The van der Waals surface area contributed by atoms with E-state index in [1.807, 2.05) is 45.7 Å². The zero-order valence-corrected chi connectivity index (χ0v) is 15.6. The van der Waals surface area contributed by atoms with Crippen molar-refractivity contribution in [2.75, 3.05) is 5.32 Å². The number of hydrogen-bond acceptors (Lipinski definition) is 5. The van der Waals surface area contributed by atoms with Crippen molar-refractivity contribution >= 4 is 5.95 Å². The summed E-state index contributed by atoms with van der Waals surface area (Å²) in [6.45, 7) is 4.64. The normalized spacial score (nSPS) is 10.9. The average molecular weight is 359 g/mol. The largest absolute Gasteiger partial charge is 0.350 e. The fourth-order valence-electron chi connectivity index (χ4n) is 2.97. The molecule has 4 rings (SSSR count). The van der Waals surface area contributed by atoms with E-state index in [4.69, 9.17) is 0 Å². The van der Waals surface area contributed by atoms with Gasteiger partial charge >= 0.3 is 0 Å². The van der Waals surface area contributed by atoms with Gasteiger partial charge < -0.3 is 9.88 Å². The molecule has 0 saturated carbocycles. The van der Waals surface area contributed by atoms with Crippen LogP contribution in [0.4, 0.5) is 5.95 Å². The lowest BCUT2D eigenvalue weighted by Crippen LogP contribution is -2.05. The molecule has 0 aliphatic carbocycles. The Morgan fingerprint density at radius 3 is 2.52 bits per heavy atom. The summed E-state index contributed by atoms with van der Waals surface area (Å²) in [4.78, 5) is 13.3. The second kappa shape index (κ2) is 7.03. The van der Waals surface area contributed by atoms with Crippen LogP contribution in [-0.4, -0.2) is 29.3 Å². The maximum atomic E-state index is 4.65. The van der Waals surface area contributed by atoms with Crippen molar-refractivity contribution in [3.63, 3.8) is 0 Å². The minimum absolute atomic E-state index is 0.606. The van der Waals surface area contributed by atoms with Crippen molar-refractivity contribution in [1.29, 1.82) is 0 Å². The monoisotopic (exact) mass is 359 g/mol. The van der Waals surface area contributed by atoms with Crippen LogP contribution in [-0.2, 0) is 13.6 Å². The van der Waals surface area contributed by atoms with Crippen molar-refractivity contribution in [3.05, 3.63) is 72.2 Å². The molecule has 0 spiro atoms. The summed E-state index contributed by atoms with van der Waals surface area (Å²) >= 11 is 0. The summed E-state index contributed by atoms with van der Waals surface area (Å²) in [5, 5.41) is 7.52. The fourth-order valence-corrected chi connectivity index (χ4v) is 2.97. The van der Waals surface area contributed by atoms with Gasteiger partial charge in [-0.2, -0.15) is 5.10 Å². The minimum Gasteiger partial charge on any atom is -0.350 e. The molecule has 3 aromatic heterocycles. The quantitative estimate of drug-likeness (QED) is 0.592. The average Bonchev–Trinajstić information content (AvgIpc) is 3.30. The third-order valence-corrected chi connectivity index (χ3v) is 4.44. The van der Waals surface area contributed by atoms with E-state index in [0.717, 1.165) is 33.9 Å². The van der Waals surface area contributed by atoms with E-state index in [0.29, 0.717) is 12.5 Å². The summed E-state index contributed by atoms with van der Waals surface area (Å²) in [5.41, 5.74) is 5.16. The van der Waals surface area contributed by atoms with Gasteiger partial charge in [0.25, 0.3) is 0 Å². The van der Waals surface area contributed by atoms with Gasteiger partial charge in [0.05, 0.1) is 11.9 Å². The first-order valence-electron chi connectivity index (χ1n) is 8.76. The molecular formula is C20H21N7. The molecule has 0 bridgehead atoms. The maximum Gasteiger partial charge on any atom is 0.223 e. The van der Waals surface area contributed by atoms with Crippen molar-refractivity contribution in [3.8, 4) is 16.9 Å². The highest BCUT2D eigenvalue weighted by Gasteiger charge is 2.08. The molecule has 136 valence electrons. The minimum atomic E-state index is 0.606. The summed E-state index contributed by atoms with van der Waals surface area (Å²) in [6.07, 6.45) is 9.37. The Hall–Kier alpha value is -3.48. The van der Waals surface area contributed by atoms with E-state index in [9.17, 15) is 0 Å². The van der Waals surface area contributed by atoms with Gasteiger partial charge in [0.2, 0.25) is 5.95 Å². The van der Waals surface area contributed by atoms with Gasteiger partial charge in [0.1, 0.15) is 5.82 Å². The third kappa shape index (κ3) is 3.57. The molecule has 3 heterocycles. The Balaban J connectivity index is 1.48. The second-order valence-electron chi connectivity index (χ2n) is 6.49. The molecule has 0 radical (unpaired) electrons. The smallest absolute Gasteiger partial charge is 0.223 e. The van der Waals surface area contributed by atoms with Crippen LogP contribution < -0.4 is 5.32 Å². The molecular weight excluding hydrogens is 338 g/mol. The van der Waals surface area contributed by atoms with Gasteiger partial charge in [-0.25, -0.2) is 15.0 Å². The van der Waals surface area contributed by atoms with Gasteiger partial charge in [-0.3, -0.25) is 4.68 Å². The van der Waals surface area contributed by atoms with Gasteiger partial charge in [-0.15, -0.1) is 0 Å². The molecule has 27 heavy (non-hydrogen) atoms. The number of benzene rings is 1. The van der Waals surface area contributed by atoms with Crippen LogP contribution >= 0.6 is 0 Å². The predicted molar refractivity (Wildman–Crippen MR) is 105 cm³/mol. The highest BCUT2D eigenvalue weighted by molar-refractivity contribution is 5.62. The maximum absolute atomic E-state index is 4.65. The number of anilines is 1. The zero-order valence-electron chi connectivity index (χ0n) is 15.6. The number of nitrogens with one attached hydrogen (secondary N) is 1. The van der Waals surface area contributed by atoms with Crippen LogP contribution in [0.5, 0.6) is 0 Å². The number of imidazole rings is 1. The lowest BCUT2D eigenvalue weighted by Gasteiger charge is -2.09. The summed E-state index contributed by atoms with van der Waals surface area (Å²) < 4.78 is 3.83. The van der Waals surface area contributed by atoms with Crippen molar-refractivity contribution < 1.29 is 0 Å². The van der Waals surface area contributed by atoms with Gasteiger partial charge in [-0.1, -0.05) is 12.1 Å². The van der Waals surface area contributed by atoms with Crippen LogP contribution in [0.3, 0.4) is 0 Å². The first-order chi connectivity index (χ1) is 13.1. The van der Waals surface area contributed by atoms with Crippen molar-refractivity contribution in [2.24, 2.45) is 7.05 Å². The number of hydrogen-bond donors (Lipinski definition) is 1. The molecule has 0 saturated heterocycles. The Morgan fingerprint density at radius 1 is 1.04 bits per heavy atom. The Morgan fingerprint density at radius 2 is 1.85 bits per heavy atom. The highest BCUT2D eigenvalue weighted by atomic mass is 15.2. The predicted octanol–water partition coefficient (Wildman–Crippen LogP) is 3.29. The summed E-state index contributed by atoms with van der Waals surface area (Å²) in [6, 6.07) is 8.36. The van der Waals surface area contributed by atoms with Crippen LogP contribution in [0.15, 0.2) is 55.2 Å². The zero-order chi connectivity index (χ0) is 18.8.